The lowest BCUT2D eigenvalue weighted by atomic mass is 10.1. The van der Waals surface area contributed by atoms with E-state index in [1.165, 1.54) is 4.68 Å². The molecule has 0 saturated carbocycles. The number of para-hydroxylation sites is 1. The smallest absolute Gasteiger partial charge is 0.325 e. The van der Waals surface area contributed by atoms with Gasteiger partial charge in [0.1, 0.15) is 18.4 Å². The summed E-state index contributed by atoms with van der Waals surface area (Å²) in [5.41, 5.74) is 1.58. The lowest BCUT2D eigenvalue weighted by Gasteiger charge is -2.38. The number of aliphatic carboxylic acids is 1. The first-order chi connectivity index (χ1) is 12.7. The van der Waals surface area contributed by atoms with Crippen LogP contribution in [0.4, 0.5) is 5.95 Å². The molecule has 4 rings (SSSR count). The van der Waals surface area contributed by atoms with Crippen LogP contribution in [0.2, 0.25) is 0 Å². The summed E-state index contributed by atoms with van der Waals surface area (Å²) >= 11 is 0. The van der Waals surface area contributed by atoms with Crippen LogP contribution in [0.25, 0.3) is 11.1 Å². The van der Waals surface area contributed by atoms with Crippen molar-refractivity contribution < 1.29 is 14.6 Å². The van der Waals surface area contributed by atoms with Gasteiger partial charge in [-0.25, -0.2) is 9.97 Å². The second kappa shape index (κ2) is 6.83. The molecule has 1 aliphatic heterocycles. The largest absolute Gasteiger partial charge is 0.487 e. The zero-order valence-corrected chi connectivity index (χ0v) is 13.9. The minimum Gasteiger partial charge on any atom is -0.487 e. The number of aromatic nitrogens is 4. The van der Waals surface area contributed by atoms with Gasteiger partial charge in [-0.2, -0.15) is 5.10 Å². The molecule has 1 N–H and O–H groups in total. The molecule has 1 fully saturated rings. The minimum atomic E-state index is -0.934. The summed E-state index contributed by atoms with van der Waals surface area (Å²) in [5, 5.41) is 12.8. The van der Waals surface area contributed by atoms with Crippen molar-refractivity contribution in [2.24, 2.45) is 0 Å². The third-order valence-electron chi connectivity index (χ3n) is 4.08. The van der Waals surface area contributed by atoms with Gasteiger partial charge in [-0.1, -0.05) is 18.2 Å². The molecule has 2 aromatic heterocycles. The van der Waals surface area contributed by atoms with Crippen molar-refractivity contribution in [2.75, 3.05) is 18.0 Å². The fraction of sp³-hybridized carbons (Fsp3) is 0.222. The van der Waals surface area contributed by atoms with Crippen LogP contribution in [0.15, 0.2) is 55.1 Å². The Morgan fingerprint density at radius 1 is 1.12 bits per heavy atom. The standard InChI is InChI=1S/C18H17N5O3/c24-17(25)12-23-9-14(8-21-23)13-6-19-18(20-7-13)22-10-16(11-22)26-15-4-2-1-3-5-15/h1-9,16H,10-12H2,(H,24,25). The van der Waals surface area contributed by atoms with Crippen molar-refractivity contribution >= 4 is 11.9 Å². The third-order valence-corrected chi connectivity index (χ3v) is 4.08. The molecule has 26 heavy (non-hydrogen) atoms. The highest BCUT2D eigenvalue weighted by atomic mass is 16.5. The van der Waals surface area contributed by atoms with E-state index >= 15 is 0 Å². The monoisotopic (exact) mass is 351 g/mol. The number of carboxylic acid groups (broad SMARTS) is 1. The molecular weight excluding hydrogens is 334 g/mol. The van der Waals surface area contributed by atoms with Gasteiger partial charge < -0.3 is 14.7 Å². The molecule has 0 amide bonds. The van der Waals surface area contributed by atoms with Crippen molar-refractivity contribution in [3.05, 3.63) is 55.1 Å². The van der Waals surface area contributed by atoms with E-state index in [1.807, 2.05) is 35.2 Å². The van der Waals surface area contributed by atoms with E-state index in [-0.39, 0.29) is 12.6 Å². The molecule has 1 aliphatic rings. The number of rotatable bonds is 6. The van der Waals surface area contributed by atoms with Crippen molar-refractivity contribution in [3.8, 4) is 16.9 Å². The Kier molecular flexibility index (Phi) is 4.22. The number of benzene rings is 1. The second-order valence-electron chi connectivity index (χ2n) is 6.05. The molecule has 0 radical (unpaired) electrons. The maximum atomic E-state index is 10.7. The predicted molar refractivity (Wildman–Crippen MR) is 94.0 cm³/mol. The van der Waals surface area contributed by atoms with E-state index in [1.54, 1.807) is 24.8 Å². The summed E-state index contributed by atoms with van der Waals surface area (Å²) in [6.07, 6.45) is 6.84. The molecule has 0 spiro atoms. The number of ether oxygens (including phenoxy) is 1. The van der Waals surface area contributed by atoms with Gasteiger partial charge in [0.05, 0.1) is 19.3 Å². The zero-order valence-electron chi connectivity index (χ0n) is 13.9. The maximum absolute atomic E-state index is 10.7. The Balaban J connectivity index is 1.35. The normalized spacial score (nSPS) is 14.1. The summed E-state index contributed by atoms with van der Waals surface area (Å²) < 4.78 is 7.24. The zero-order chi connectivity index (χ0) is 17.9. The van der Waals surface area contributed by atoms with Crippen LogP contribution in [-0.2, 0) is 11.3 Å². The first-order valence-electron chi connectivity index (χ1n) is 8.21. The summed E-state index contributed by atoms with van der Waals surface area (Å²) in [7, 11) is 0. The second-order valence-corrected chi connectivity index (χ2v) is 6.05. The number of carboxylic acids is 1. The molecule has 8 heteroatoms. The molecule has 0 bridgehead atoms. The van der Waals surface area contributed by atoms with Crippen molar-refractivity contribution in [1.82, 2.24) is 19.7 Å². The molecule has 132 valence electrons. The van der Waals surface area contributed by atoms with Crippen molar-refractivity contribution in [1.29, 1.82) is 0 Å². The summed E-state index contributed by atoms with van der Waals surface area (Å²) in [5.74, 6) is 0.586. The van der Waals surface area contributed by atoms with Crippen LogP contribution in [0, 0.1) is 0 Å². The van der Waals surface area contributed by atoms with Crippen LogP contribution in [0.3, 0.4) is 0 Å². The Bertz CT molecular complexity index is 889. The van der Waals surface area contributed by atoms with Crippen LogP contribution in [0.5, 0.6) is 5.75 Å². The minimum absolute atomic E-state index is 0.134. The van der Waals surface area contributed by atoms with Gasteiger partial charge in [0, 0.05) is 29.7 Å². The van der Waals surface area contributed by atoms with E-state index in [0.717, 1.165) is 30.0 Å². The Hall–Kier alpha value is -3.42. The van der Waals surface area contributed by atoms with Gasteiger partial charge >= 0.3 is 5.97 Å². The number of hydrogen-bond acceptors (Lipinski definition) is 6. The summed E-state index contributed by atoms with van der Waals surface area (Å²) in [6, 6.07) is 9.75. The SMILES string of the molecule is O=C(O)Cn1cc(-c2cnc(N3CC(Oc4ccccc4)C3)nc2)cn1. The highest BCUT2D eigenvalue weighted by Gasteiger charge is 2.30. The quantitative estimate of drug-likeness (QED) is 0.722. The number of anilines is 1. The topological polar surface area (TPSA) is 93.4 Å². The Labute approximate surface area is 149 Å². The third kappa shape index (κ3) is 3.49. The van der Waals surface area contributed by atoms with Crippen LogP contribution < -0.4 is 9.64 Å². The predicted octanol–water partition coefficient (Wildman–Crippen LogP) is 1.69. The summed E-state index contributed by atoms with van der Waals surface area (Å²) in [4.78, 5) is 21.6. The van der Waals surface area contributed by atoms with Crippen LogP contribution in [-0.4, -0.2) is 50.0 Å². The van der Waals surface area contributed by atoms with Crippen LogP contribution in [0.1, 0.15) is 0 Å². The number of nitrogens with zero attached hydrogens (tertiary/aromatic N) is 5. The Morgan fingerprint density at radius 3 is 2.54 bits per heavy atom. The fourth-order valence-corrected chi connectivity index (χ4v) is 2.74. The van der Waals surface area contributed by atoms with Crippen molar-refractivity contribution in [3.63, 3.8) is 0 Å². The Morgan fingerprint density at radius 2 is 1.85 bits per heavy atom. The highest BCUT2D eigenvalue weighted by Crippen LogP contribution is 2.23. The average molecular weight is 351 g/mol. The first kappa shape index (κ1) is 16.1. The maximum Gasteiger partial charge on any atom is 0.325 e. The van der Waals surface area contributed by atoms with Crippen molar-refractivity contribution in [2.45, 2.75) is 12.6 Å². The van der Waals surface area contributed by atoms with Gasteiger partial charge in [0.25, 0.3) is 0 Å². The molecular formula is C18H17N5O3. The number of carbonyl (C=O) groups is 1. The van der Waals surface area contributed by atoms with E-state index in [4.69, 9.17) is 9.84 Å². The molecule has 3 heterocycles. The molecule has 1 aromatic carbocycles. The van der Waals surface area contributed by atoms with Gasteiger partial charge in [-0.15, -0.1) is 0 Å². The first-order valence-corrected chi connectivity index (χ1v) is 8.21. The van der Waals surface area contributed by atoms with E-state index in [0.29, 0.717) is 5.95 Å². The van der Waals surface area contributed by atoms with Gasteiger partial charge in [-0.3, -0.25) is 9.48 Å². The number of hydrogen-bond donors (Lipinski definition) is 1. The lowest BCUT2D eigenvalue weighted by molar-refractivity contribution is -0.137. The fourth-order valence-electron chi connectivity index (χ4n) is 2.74. The average Bonchev–Trinajstić information content (AvgIpc) is 3.07. The van der Waals surface area contributed by atoms with E-state index in [2.05, 4.69) is 15.1 Å². The van der Waals surface area contributed by atoms with E-state index < -0.39 is 5.97 Å². The van der Waals surface area contributed by atoms with Crippen LogP contribution >= 0.6 is 0 Å². The summed E-state index contributed by atoms with van der Waals surface area (Å²) in [6.45, 7) is 1.31. The van der Waals surface area contributed by atoms with Gasteiger partial charge in [0.15, 0.2) is 0 Å². The lowest BCUT2D eigenvalue weighted by Crippen LogP contribution is -2.54. The molecule has 3 aromatic rings. The van der Waals surface area contributed by atoms with E-state index in [9.17, 15) is 4.79 Å². The molecule has 0 atom stereocenters. The molecule has 0 aliphatic carbocycles. The molecule has 0 unspecified atom stereocenters. The van der Waals surface area contributed by atoms with Gasteiger partial charge in [-0.05, 0) is 12.1 Å². The molecule has 1 saturated heterocycles. The van der Waals surface area contributed by atoms with Gasteiger partial charge in [0.2, 0.25) is 5.95 Å². The molecule has 8 nitrogen and oxygen atoms in total. The highest BCUT2D eigenvalue weighted by molar-refractivity contribution is 5.67.